The molecule has 1 aromatic heterocycles. The Hall–Kier alpha value is -1.92. The first-order valence-electron chi connectivity index (χ1n) is 6.52. The number of hydrogen-bond acceptors (Lipinski definition) is 5. The number of hydrogen-bond donors (Lipinski definition) is 2. The molecule has 21 heavy (non-hydrogen) atoms. The van der Waals surface area contributed by atoms with E-state index in [1.54, 1.807) is 12.1 Å². The predicted molar refractivity (Wildman–Crippen MR) is 78.6 cm³/mol. The summed E-state index contributed by atoms with van der Waals surface area (Å²) >= 11 is 6.17. The van der Waals surface area contributed by atoms with Gasteiger partial charge in [-0.05, 0) is 24.1 Å². The maximum Gasteiger partial charge on any atom is 0.153 e. The van der Waals surface area contributed by atoms with Crippen LogP contribution in [0.2, 0.25) is 5.02 Å². The second-order valence-electron chi connectivity index (χ2n) is 5.01. The van der Waals surface area contributed by atoms with Gasteiger partial charge in [0.15, 0.2) is 5.82 Å². The van der Waals surface area contributed by atoms with Crippen LogP contribution in [0.15, 0.2) is 30.6 Å². The van der Waals surface area contributed by atoms with Gasteiger partial charge in [-0.15, -0.1) is 0 Å². The topological polar surface area (TPSA) is 75.3 Å². The Balaban J connectivity index is 1.99. The summed E-state index contributed by atoms with van der Waals surface area (Å²) in [5, 5.41) is 10.2. The van der Waals surface area contributed by atoms with Crippen molar-refractivity contribution < 1.29 is 9.50 Å². The summed E-state index contributed by atoms with van der Waals surface area (Å²) in [7, 11) is 0. The minimum atomic E-state index is -0.507. The second-order valence-corrected chi connectivity index (χ2v) is 5.38. The number of aliphatic hydroxyl groups excluding tert-OH is 1. The zero-order chi connectivity index (χ0) is 15.0. The average Bonchev–Trinajstić information content (AvgIpc) is 2.84. The van der Waals surface area contributed by atoms with Gasteiger partial charge in [-0.3, -0.25) is 0 Å². The normalized spacial score (nSPS) is 21.8. The zero-order valence-corrected chi connectivity index (χ0v) is 11.8. The Bertz CT molecular complexity index is 652. The molecule has 0 saturated carbocycles. The first-order chi connectivity index (χ1) is 10.1. The molecular weight excluding hydrogens is 295 g/mol. The highest BCUT2D eigenvalue weighted by Crippen LogP contribution is 2.39. The summed E-state index contributed by atoms with van der Waals surface area (Å²) in [6.45, 7) is 0.387. The molecule has 2 atom stereocenters. The van der Waals surface area contributed by atoms with Crippen molar-refractivity contribution in [1.29, 1.82) is 0 Å². The summed E-state index contributed by atoms with van der Waals surface area (Å²) in [4.78, 5) is 9.87. The van der Waals surface area contributed by atoms with Crippen molar-refractivity contribution in [3.05, 3.63) is 47.0 Å². The van der Waals surface area contributed by atoms with Crippen LogP contribution in [0.4, 0.5) is 16.0 Å². The second kappa shape index (κ2) is 5.46. The van der Waals surface area contributed by atoms with E-state index in [9.17, 15) is 9.50 Å². The fraction of sp³-hybridized carbons (Fsp3) is 0.286. The van der Waals surface area contributed by atoms with Crippen LogP contribution in [-0.4, -0.2) is 27.7 Å². The quantitative estimate of drug-likeness (QED) is 0.889. The van der Waals surface area contributed by atoms with E-state index in [0.29, 0.717) is 18.8 Å². The van der Waals surface area contributed by atoms with Crippen molar-refractivity contribution in [2.24, 2.45) is 0 Å². The third-order valence-corrected chi connectivity index (χ3v) is 3.97. The molecule has 110 valence electrons. The van der Waals surface area contributed by atoms with E-state index in [4.69, 9.17) is 17.3 Å². The SMILES string of the molecule is Nc1ncnc(N2C[C@H](O)C[C@H]2c2ccc(F)cc2)c1Cl. The number of nitrogens with zero attached hydrogens (tertiary/aromatic N) is 3. The molecule has 0 radical (unpaired) electrons. The lowest BCUT2D eigenvalue weighted by molar-refractivity contribution is 0.194. The third kappa shape index (κ3) is 2.64. The van der Waals surface area contributed by atoms with Gasteiger partial charge >= 0.3 is 0 Å². The highest BCUT2D eigenvalue weighted by atomic mass is 35.5. The molecule has 2 aromatic rings. The van der Waals surface area contributed by atoms with E-state index in [1.807, 2.05) is 4.90 Å². The minimum absolute atomic E-state index is 0.132. The Morgan fingerprint density at radius 3 is 2.71 bits per heavy atom. The van der Waals surface area contributed by atoms with Crippen LogP contribution in [0, 0.1) is 5.82 Å². The van der Waals surface area contributed by atoms with Gasteiger partial charge in [0.05, 0.1) is 12.1 Å². The molecule has 0 unspecified atom stereocenters. The number of nitrogen functional groups attached to an aromatic ring is 1. The van der Waals surface area contributed by atoms with Gasteiger partial charge < -0.3 is 15.7 Å². The number of rotatable bonds is 2. The van der Waals surface area contributed by atoms with E-state index in [1.165, 1.54) is 18.5 Å². The Kier molecular flexibility index (Phi) is 3.65. The standard InChI is InChI=1S/C14H14ClFN4O/c15-12-13(17)18-7-19-14(12)20-6-10(21)5-11(20)8-1-3-9(16)4-2-8/h1-4,7,10-11,21H,5-6H2,(H2,17,18,19)/t10-,11+/m1/s1. The third-order valence-electron chi connectivity index (χ3n) is 3.60. The molecule has 5 nitrogen and oxygen atoms in total. The molecule has 2 heterocycles. The van der Waals surface area contributed by atoms with Crippen molar-refractivity contribution in [3.8, 4) is 0 Å². The number of halogens is 2. The molecule has 0 aliphatic carbocycles. The van der Waals surface area contributed by atoms with Crippen molar-refractivity contribution in [2.45, 2.75) is 18.6 Å². The van der Waals surface area contributed by atoms with E-state index >= 15 is 0 Å². The molecule has 1 aromatic carbocycles. The van der Waals surface area contributed by atoms with Crippen molar-refractivity contribution >= 4 is 23.2 Å². The molecule has 7 heteroatoms. The van der Waals surface area contributed by atoms with E-state index in [2.05, 4.69) is 9.97 Å². The van der Waals surface area contributed by atoms with Crippen LogP contribution in [0.3, 0.4) is 0 Å². The lowest BCUT2D eigenvalue weighted by Gasteiger charge is -2.26. The van der Waals surface area contributed by atoms with Crippen molar-refractivity contribution in [1.82, 2.24) is 9.97 Å². The van der Waals surface area contributed by atoms with Crippen molar-refractivity contribution in [3.63, 3.8) is 0 Å². The van der Waals surface area contributed by atoms with Gasteiger partial charge in [0, 0.05) is 6.54 Å². The number of anilines is 2. The van der Waals surface area contributed by atoms with E-state index in [-0.39, 0.29) is 22.7 Å². The molecule has 1 saturated heterocycles. The zero-order valence-electron chi connectivity index (χ0n) is 11.1. The summed E-state index contributed by atoms with van der Waals surface area (Å²) in [6, 6.07) is 6.06. The highest BCUT2D eigenvalue weighted by Gasteiger charge is 2.34. The number of aliphatic hydroxyl groups is 1. The van der Waals surface area contributed by atoms with Gasteiger partial charge in [-0.25, -0.2) is 14.4 Å². The van der Waals surface area contributed by atoms with Crippen LogP contribution in [-0.2, 0) is 0 Å². The Morgan fingerprint density at radius 1 is 1.29 bits per heavy atom. The van der Waals surface area contributed by atoms with Crippen LogP contribution in [0.5, 0.6) is 0 Å². The number of benzene rings is 1. The molecule has 3 rings (SSSR count). The van der Waals surface area contributed by atoms with Crippen molar-refractivity contribution in [2.75, 3.05) is 17.2 Å². The minimum Gasteiger partial charge on any atom is -0.391 e. The smallest absolute Gasteiger partial charge is 0.153 e. The molecule has 0 amide bonds. The first-order valence-corrected chi connectivity index (χ1v) is 6.90. The van der Waals surface area contributed by atoms with Gasteiger partial charge in [-0.1, -0.05) is 23.7 Å². The lowest BCUT2D eigenvalue weighted by atomic mass is 10.0. The molecule has 1 aliphatic heterocycles. The number of nitrogens with two attached hydrogens (primary N) is 1. The summed E-state index contributed by atoms with van der Waals surface area (Å²) in [6.07, 6.45) is 1.35. The summed E-state index contributed by atoms with van der Waals surface area (Å²) < 4.78 is 13.1. The van der Waals surface area contributed by atoms with Crippen LogP contribution in [0.1, 0.15) is 18.0 Å². The monoisotopic (exact) mass is 308 g/mol. The average molecular weight is 309 g/mol. The maximum absolute atomic E-state index is 13.1. The fourth-order valence-electron chi connectivity index (χ4n) is 2.62. The highest BCUT2D eigenvalue weighted by molar-refractivity contribution is 6.35. The van der Waals surface area contributed by atoms with Gasteiger partial charge in [0.2, 0.25) is 0 Å². The molecule has 0 bridgehead atoms. The van der Waals surface area contributed by atoms with Gasteiger partial charge in [0.25, 0.3) is 0 Å². The van der Waals surface area contributed by atoms with Crippen LogP contribution < -0.4 is 10.6 Å². The largest absolute Gasteiger partial charge is 0.391 e. The molecular formula is C14H14ClFN4O. The lowest BCUT2D eigenvalue weighted by Crippen LogP contribution is -2.26. The molecule has 1 fully saturated rings. The predicted octanol–water partition coefficient (Wildman–Crippen LogP) is 2.16. The number of aromatic nitrogens is 2. The molecule has 1 aliphatic rings. The molecule has 0 spiro atoms. The van der Waals surface area contributed by atoms with Crippen LogP contribution >= 0.6 is 11.6 Å². The number of β-amino-alcohol motifs (C(OH)–C–C–N with tert-alkyl or cyclic N) is 1. The summed E-state index contributed by atoms with van der Waals surface area (Å²) in [5.74, 6) is 0.379. The molecule has 3 N–H and O–H groups in total. The first kappa shape index (κ1) is 14.0. The van der Waals surface area contributed by atoms with E-state index < -0.39 is 6.10 Å². The van der Waals surface area contributed by atoms with Gasteiger partial charge in [0.1, 0.15) is 23.0 Å². The van der Waals surface area contributed by atoms with E-state index in [0.717, 1.165) is 5.56 Å². The summed E-state index contributed by atoms with van der Waals surface area (Å²) in [5.41, 5.74) is 6.60. The van der Waals surface area contributed by atoms with Crippen LogP contribution in [0.25, 0.3) is 0 Å². The Labute approximate surface area is 126 Å². The fourth-order valence-corrected chi connectivity index (χ4v) is 2.83. The Morgan fingerprint density at radius 2 is 2.00 bits per heavy atom. The maximum atomic E-state index is 13.1. The van der Waals surface area contributed by atoms with Gasteiger partial charge in [-0.2, -0.15) is 0 Å².